The Hall–Kier alpha value is -2.07. The van der Waals surface area contributed by atoms with Gasteiger partial charge < -0.3 is 15.2 Å². The second-order valence-corrected chi connectivity index (χ2v) is 4.85. The van der Waals surface area contributed by atoms with Crippen LogP contribution < -0.4 is 15.2 Å². The topological polar surface area (TPSA) is 47.3 Å². The highest BCUT2D eigenvalue weighted by Crippen LogP contribution is 2.20. The smallest absolute Gasteiger partial charge is 0.138 e. The lowest BCUT2D eigenvalue weighted by Crippen LogP contribution is -2.11. The molecule has 0 radical (unpaired) electrons. The van der Waals surface area contributed by atoms with Crippen LogP contribution in [-0.4, -0.2) is 6.26 Å². The van der Waals surface area contributed by atoms with E-state index in [-0.39, 0.29) is 0 Å². The van der Waals surface area contributed by atoms with E-state index in [0.29, 0.717) is 6.54 Å². The Kier molecular flexibility index (Phi) is 4.96. The van der Waals surface area contributed by atoms with Crippen molar-refractivity contribution in [1.29, 1.82) is 0 Å². The van der Waals surface area contributed by atoms with Crippen molar-refractivity contribution in [3.05, 3.63) is 66.2 Å². The quantitative estimate of drug-likeness (QED) is 0.628. The number of nitrogens with two attached hydrogens (primary N) is 1. The Morgan fingerprint density at radius 3 is 2.80 bits per heavy atom. The third-order valence-corrected chi connectivity index (χ3v) is 3.18. The number of anilines is 1. The van der Waals surface area contributed by atoms with Crippen LogP contribution in [0.25, 0.3) is 5.70 Å². The van der Waals surface area contributed by atoms with E-state index in [2.05, 4.69) is 11.9 Å². The molecule has 0 aliphatic heterocycles. The molecule has 0 saturated heterocycles. The standard InChI is InChI=1S/C16H18N2OS/c1-12(14-6-4-8-16(10-14)19-20-2)18-11-13-5-3-7-15(17)9-13/h3-10,18H,1,11,17H2,2H3. The van der Waals surface area contributed by atoms with Crippen molar-refractivity contribution in [2.24, 2.45) is 0 Å². The molecule has 0 unspecified atom stereocenters. The van der Waals surface area contributed by atoms with Gasteiger partial charge in [0.05, 0.1) is 12.0 Å². The Morgan fingerprint density at radius 2 is 2.05 bits per heavy atom. The summed E-state index contributed by atoms with van der Waals surface area (Å²) in [6, 6.07) is 15.6. The number of benzene rings is 2. The van der Waals surface area contributed by atoms with Crippen LogP contribution in [0.2, 0.25) is 0 Å². The molecule has 4 heteroatoms. The summed E-state index contributed by atoms with van der Waals surface area (Å²) in [5.41, 5.74) is 9.53. The summed E-state index contributed by atoms with van der Waals surface area (Å²) in [6.45, 7) is 4.75. The van der Waals surface area contributed by atoms with Crippen LogP contribution in [0.5, 0.6) is 5.75 Å². The Balaban J connectivity index is 1.99. The summed E-state index contributed by atoms with van der Waals surface area (Å²) >= 11 is 1.32. The van der Waals surface area contributed by atoms with E-state index in [9.17, 15) is 0 Å². The fourth-order valence-corrected chi connectivity index (χ4v) is 2.14. The maximum absolute atomic E-state index is 5.76. The van der Waals surface area contributed by atoms with E-state index in [1.54, 1.807) is 0 Å². The minimum Gasteiger partial charge on any atom is -0.426 e. The summed E-state index contributed by atoms with van der Waals surface area (Å²) in [5.74, 6) is 0.821. The van der Waals surface area contributed by atoms with E-state index in [1.807, 2.05) is 54.8 Å². The van der Waals surface area contributed by atoms with Gasteiger partial charge in [0.2, 0.25) is 0 Å². The molecule has 2 aromatic rings. The molecule has 0 atom stereocenters. The first-order chi connectivity index (χ1) is 9.69. The number of hydrogen-bond acceptors (Lipinski definition) is 4. The highest BCUT2D eigenvalue weighted by atomic mass is 32.2. The Morgan fingerprint density at radius 1 is 1.25 bits per heavy atom. The summed E-state index contributed by atoms with van der Waals surface area (Å²) in [5, 5.41) is 3.30. The molecule has 0 heterocycles. The van der Waals surface area contributed by atoms with E-state index in [4.69, 9.17) is 9.92 Å². The molecule has 3 nitrogen and oxygen atoms in total. The van der Waals surface area contributed by atoms with Crippen LogP contribution in [0, 0.1) is 0 Å². The predicted octanol–water partition coefficient (Wildman–Crippen LogP) is 3.69. The van der Waals surface area contributed by atoms with E-state index in [0.717, 1.165) is 28.3 Å². The predicted molar refractivity (Wildman–Crippen MR) is 87.3 cm³/mol. The lowest BCUT2D eigenvalue weighted by Gasteiger charge is -2.11. The lowest BCUT2D eigenvalue weighted by atomic mass is 10.1. The SMILES string of the molecule is C=C(NCc1cccc(N)c1)c1cccc(OSC)c1. The first kappa shape index (κ1) is 14.3. The van der Waals surface area contributed by atoms with Crippen molar-refractivity contribution in [2.75, 3.05) is 12.0 Å². The minimum absolute atomic E-state index is 0.692. The van der Waals surface area contributed by atoms with Gasteiger partial charge in [-0.2, -0.15) is 0 Å². The molecule has 0 aliphatic rings. The average Bonchev–Trinajstić information content (AvgIpc) is 2.45. The molecule has 0 amide bonds. The van der Waals surface area contributed by atoms with Gasteiger partial charge in [0, 0.05) is 29.7 Å². The van der Waals surface area contributed by atoms with Crippen LogP contribution in [0.4, 0.5) is 5.69 Å². The molecule has 0 fully saturated rings. The summed E-state index contributed by atoms with van der Waals surface area (Å²) in [7, 11) is 0. The molecule has 2 rings (SSSR count). The third kappa shape index (κ3) is 3.96. The largest absolute Gasteiger partial charge is 0.426 e. The molecule has 0 aliphatic carbocycles. The van der Waals surface area contributed by atoms with Crippen molar-refractivity contribution in [3.63, 3.8) is 0 Å². The lowest BCUT2D eigenvalue weighted by molar-refractivity contribution is 0.650. The van der Waals surface area contributed by atoms with Crippen LogP contribution in [0.15, 0.2) is 55.1 Å². The highest BCUT2D eigenvalue weighted by Gasteiger charge is 2.01. The first-order valence-electron chi connectivity index (χ1n) is 6.27. The van der Waals surface area contributed by atoms with Gasteiger partial charge in [0.1, 0.15) is 5.75 Å². The molecular formula is C16H18N2OS. The fourth-order valence-electron chi connectivity index (χ4n) is 1.85. The van der Waals surface area contributed by atoms with Gasteiger partial charge in [-0.15, -0.1) is 0 Å². The van der Waals surface area contributed by atoms with Crippen molar-refractivity contribution in [3.8, 4) is 5.75 Å². The van der Waals surface area contributed by atoms with Crippen molar-refractivity contribution >= 4 is 23.4 Å². The maximum atomic E-state index is 5.76. The second-order valence-electron chi connectivity index (χ2n) is 4.35. The van der Waals surface area contributed by atoms with Crippen LogP contribution in [-0.2, 0) is 6.54 Å². The zero-order valence-corrected chi connectivity index (χ0v) is 12.2. The second kappa shape index (κ2) is 6.91. The van der Waals surface area contributed by atoms with Gasteiger partial charge in [0.15, 0.2) is 0 Å². The monoisotopic (exact) mass is 286 g/mol. The molecule has 0 bridgehead atoms. The van der Waals surface area contributed by atoms with E-state index >= 15 is 0 Å². The third-order valence-electron chi connectivity index (χ3n) is 2.82. The zero-order valence-electron chi connectivity index (χ0n) is 11.4. The minimum atomic E-state index is 0.692. The van der Waals surface area contributed by atoms with Crippen LogP contribution in [0.1, 0.15) is 11.1 Å². The van der Waals surface area contributed by atoms with Crippen molar-refractivity contribution < 1.29 is 4.18 Å². The first-order valence-corrected chi connectivity index (χ1v) is 7.42. The van der Waals surface area contributed by atoms with Crippen LogP contribution in [0.3, 0.4) is 0 Å². The molecule has 104 valence electrons. The fraction of sp³-hybridized carbons (Fsp3) is 0.125. The zero-order chi connectivity index (χ0) is 14.4. The molecule has 3 N–H and O–H groups in total. The van der Waals surface area contributed by atoms with Crippen molar-refractivity contribution in [1.82, 2.24) is 5.32 Å². The molecule has 0 spiro atoms. The molecule has 20 heavy (non-hydrogen) atoms. The van der Waals surface area contributed by atoms with Gasteiger partial charge in [-0.25, -0.2) is 0 Å². The van der Waals surface area contributed by atoms with Gasteiger partial charge in [-0.05, 0) is 29.8 Å². The number of hydrogen-bond donors (Lipinski definition) is 2. The molecule has 0 aromatic heterocycles. The number of nitrogens with one attached hydrogen (secondary N) is 1. The van der Waals surface area contributed by atoms with Gasteiger partial charge >= 0.3 is 0 Å². The Labute approximate surface area is 124 Å². The van der Waals surface area contributed by atoms with E-state index in [1.165, 1.54) is 12.0 Å². The number of nitrogen functional groups attached to an aromatic ring is 1. The van der Waals surface area contributed by atoms with Crippen LogP contribution >= 0.6 is 12.0 Å². The van der Waals surface area contributed by atoms with Crippen molar-refractivity contribution in [2.45, 2.75) is 6.54 Å². The van der Waals surface area contributed by atoms with Gasteiger partial charge in [-0.1, -0.05) is 30.8 Å². The molecular weight excluding hydrogens is 268 g/mol. The number of rotatable bonds is 6. The molecule has 2 aromatic carbocycles. The Bertz CT molecular complexity index is 599. The average molecular weight is 286 g/mol. The normalized spacial score (nSPS) is 10.1. The summed E-state index contributed by atoms with van der Waals surface area (Å²) in [6.07, 6.45) is 1.89. The highest BCUT2D eigenvalue weighted by molar-refractivity contribution is 7.94. The van der Waals surface area contributed by atoms with Gasteiger partial charge in [0.25, 0.3) is 0 Å². The maximum Gasteiger partial charge on any atom is 0.138 e. The summed E-state index contributed by atoms with van der Waals surface area (Å²) < 4.78 is 5.41. The van der Waals surface area contributed by atoms with Gasteiger partial charge in [-0.3, -0.25) is 0 Å². The summed E-state index contributed by atoms with van der Waals surface area (Å²) in [4.78, 5) is 0. The molecule has 0 saturated carbocycles. The van der Waals surface area contributed by atoms with E-state index < -0.39 is 0 Å².